The van der Waals surface area contributed by atoms with Gasteiger partial charge in [0.05, 0.1) is 28.1 Å². The quantitative estimate of drug-likeness (QED) is 0.0977. The molecule has 12 aromatic rings. The average molecular weight is 961 g/mol. The Labute approximate surface area is 432 Å². The number of allylic oxidation sites excluding steroid dienone is 3. The van der Waals surface area contributed by atoms with Crippen molar-refractivity contribution in [1.82, 2.24) is 0 Å². The zero-order chi connectivity index (χ0) is 50.6. The summed E-state index contributed by atoms with van der Waals surface area (Å²) in [4.78, 5) is 4.57. The first-order chi connectivity index (χ1) is 36.2. The summed E-state index contributed by atoms with van der Waals surface area (Å²) in [6.45, 7) is 14.7. The lowest BCUT2D eigenvalue weighted by molar-refractivity contribution is 0.478. The van der Waals surface area contributed by atoms with Crippen molar-refractivity contribution >= 4 is 88.8 Å². The van der Waals surface area contributed by atoms with Gasteiger partial charge in [-0.1, -0.05) is 175 Å². The Bertz CT molecular complexity index is 4190. The number of hydrogen-bond donors (Lipinski definition) is 1. The number of furan rings is 2. The molecule has 2 aromatic heterocycles. The number of hydrogen-bond acceptors (Lipinski definition) is 5. The molecule has 74 heavy (non-hydrogen) atoms. The summed E-state index contributed by atoms with van der Waals surface area (Å²) in [6.07, 6.45) is 4.97. The summed E-state index contributed by atoms with van der Waals surface area (Å²) in [5, 5.41) is 18.9. The number of aryl methyl sites for hydroxylation is 3. The summed E-state index contributed by atoms with van der Waals surface area (Å²) in [5.74, 6) is 0.335. The Kier molecular flexibility index (Phi) is 11.7. The van der Waals surface area contributed by atoms with Crippen molar-refractivity contribution in [2.24, 2.45) is 0 Å². The minimum atomic E-state index is 0.162. The maximum Gasteiger partial charge on any atom is 0.162 e. The van der Waals surface area contributed by atoms with E-state index in [2.05, 4.69) is 233 Å². The van der Waals surface area contributed by atoms with Crippen molar-refractivity contribution in [3.05, 3.63) is 247 Å². The first-order valence-corrected chi connectivity index (χ1v) is 25.5. The molecular formula is C69H56N2O3. The number of phenolic OH excluding ortho intramolecular Hbond substituents is 1. The van der Waals surface area contributed by atoms with Gasteiger partial charge < -0.3 is 23.7 Å². The lowest BCUT2D eigenvalue weighted by atomic mass is 9.87. The first kappa shape index (κ1) is 46.0. The van der Waals surface area contributed by atoms with Crippen LogP contribution in [0.3, 0.4) is 0 Å². The van der Waals surface area contributed by atoms with E-state index in [9.17, 15) is 5.11 Å². The molecule has 1 atom stereocenters. The molecule has 1 unspecified atom stereocenters. The molecule has 0 spiro atoms. The minimum absolute atomic E-state index is 0.162. The molecule has 1 N–H and O–H groups in total. The van der Waals surface area contributed by atoms with Crippen molar-refractivity contribution in [3.8, 4) is 28.0 Å². The van der Waals surface area contributed by atoms with Crippen molar-refractivity contribution in [3.63, 3.8) is 0 Å². The lowest BCUT2D eigenvalue weighted by Crippen LogP contribution is -2.15. The highest BCUT2D eigenvalue weighted by Crippen LogP contribution is 2.56. The second-order valence-corrected chi connectivity index (χ2v) is 19.6. The molecule has 0 aliphatic rings. The third-order valence-corrected chi connectivity index (χ3v) is 14.9. The number of rotatable bonds is 12. The fourth-order valence-electron chi connectivity index (χ4n) is 11.3. The number of para-hydroxylation sites is 4. The topological polar surface area (TPSA) is 53.0 Å². The van der Waals surface area contributed by atoms with E-state index in [4.69, 9.17) is 8.83 Å². The highest BCUT2D eigenvalue weighted by atomic mass is 16.3. The average Bonchev–Trinajstić information content (AvgIpc) is 4.01. The molecule has 12 rings (SSSR count). The Morgan fingerprint density at radius 1 is 0.527 bits per heavy atom. The van der Waals surface area contributed by atoms with Gasteiger partial charge in [0.25, 0.3) is 0 Å². The molecule has 10 aromatic carbocycles. The van der Waals surface area contributed by atoms with Crippen molar-refractivity contribution < 1.29 is 13.9 Å². The molecule has 0 bridgehead atoms. The molecule has 0 aliphatic heterocycles. The van der Waals surface area contributed by atoms with E-state index in [1.807, 2.05) is 30.3 Å². The van der Waals surface area contributed by atoms with Crippen LogP contribution < -0.4 is 9.80 Å². The van der Waals surface area contributed by atoms with Crippen LogP contribution in [-0.2, 0) is 0 Å². The Morgan fingerprint density at radius 3 is 1.81 bits per heavy atom. The van der Waals surface area contributed by atoms with Crippen LogP contribution in [0.5, 0.6) is 5.75 Å². The van der Waals surface area contributed by atoms with Crippen LogP contribution in [0.4, 0.5) is 34.1 Å². The second-order valence-electron chi connectivity index (χ2n) is 19.6. The molecule has 0 aliphatic carbocycles. The van der Waals surface area contributed by atoms with E-state index in [0.717, 1.165) is 117 Å². The maximum atomic E-state index is 13.0. The van der Waals surface area contributed by atoms with E-state index in [1.54, 1.807) is 0 Å². The minimum Gasteiger partial charge on any atom is -0.505 e. The standard InChI is InChI=1S/C69H56N2O3/c1-7-21-51(45(5)8-2)47-25-17-26-48(42-47)53-33-19-37-60(66(53)72)70(49-27-15-22-43(3)40-49)65-55-31-12-11-30-54(55)64(63-59-32-13-14-39-62(59)73-69(63)65)71(50-28-16-23-44(4)41-50)61-38-20-36-58-57-35-18-34-56(67(57)74-68(58)61)52-29-10-9-24-46(52)6/h7-20,22-42,51,72H,1,21H2,2-6H3/b45-8-. The van der Waals surface area contributed by atoms with Crippen molar-refractivity contribution in [2.45, 2.75) is 47.0 Å². The molecule has 5 heteroatoms. The van der Waals surface area contributed by atoms with Gasteiger partial charge in [-0.05, 0) is 117 Å². The summed E-state index contributed by atoms with van der Waals surface area (Å²) in [5.41, 5.74) is 17.9. The Hall–Kier alpha value is -9.06. The van der Waals surface area contributed by atoms with Crippen LogP contribution >= 0.6 is 0 Å². The third kappa shape index (κ3) is 7.71. The van der Waals surface area contributed by atoms with Gasteiger partial charge in [0.2, 0.25) is 0 Å². The van der Waals surface area contributed by atoms with Crippen LogP contribution in [0.1, 0.15) is 48.4 Å². The lowest BCUT2D eigenvalue weighted by Gasteiger charge is -2.32. The van der Waals surface area contributed by atoms with E-state index >= 15 is 0 Å². The fraction of sp³-hybridized carbons (Fsp3) is 0.101. The van der Waals surface area contributed by atoms with Gasteiger partial charge in [-0.2, -0.15) is 0 Å². The van der Waals surface area contributed by atoms with Crippen LogP contribution in [-0.4, -0.2) is 5.11 Å². The maximum absolute atomic E-state index is 13.0. The predicted molar refractivity (Wildman–Crippen MR) is 312 cm³/mol. The molecule has 0 amide bonds. The highest BCUT2D eigenvalue weighted by Gasteiger charge is 2.32. The molecule has 0 saturated carbocycles. The van der Waals surface area contributed by atoms with Gasteiger partial charge in [-0.3, -0.25) is 0 Å². The molecule has 2 heterocycles. The monoisotopic (exact) mass is 960 g/mol. The van der Waals surface area contributed by atoms with E-state index in [-0.39, 0.29) is 11.7 Å². The Morgan fingerprint density at radius 2 is 1.09 bits per heavy atom. The predicted octanol–water partition coefficient (Wildman–Crippen LogP) is 20.2. The van der Waals surface area contributed by atoms with Gasteiger partial charge in [-0.25, -0.2) is 0 Å². The largest absolute Gasteiger partial charge is 0.505 e. The molecule has 0 fully saturated rings. The van der Waals surface area contributed by atoms with Crippen LogP contribution in [0.25, 0.3) is 76.9 Å². The SMILES string of the molecule is C=CCC(/C(C)=C\C)c1cccc(-c2cccc(N(c3cccc(C)c3)c3c4ccccc4c(N(c4cccc(C)c4)c4cccc5c4oc4c(-c6ccccc6C)cccc45)c4c3oc3ccccc34)c2O)c1. The van der Waals surface area contributed by atoms with Gasteiger partial charge in [0, 0.05) is 55.4 Å². The van der Waals surface area contributed by atoms with E-state index in [0.29, 0.717) is 11.3 Å². The summed E-state index contributed by atoms with van der Waals surface area (Å²) in [6, 6.07) is 70.2. The first-order valence-electron chi connectivity index (χ1n) is 25.5. The second kappa shape index (κ2) is 18.8. The molecule has 0 saturated heterocycles. The van der Waals surface area contributed by atoms with Crippen molar-refractivity contribution in [2.75, 3.05) is 9.80 Å². The number of benzene rings is 10. The van der Waals surface area contributed by atoms with Gasteiger partial charge in [-0.15, -0.1) is 6.58 Å². The fourth-order valence-corrected chi connectivity index (χ4v) is 11.3. The normalized spacial score (nSPS) is 12.3. The zero-order valence-corrected chi connectivity index (χ0v) is 42.4. The van der Waals surface area contributed by atoms with Gasteiger partial charge in [0.15, 0.2) is 11.2 Å². The summed E-state index contributed by atoms with van der Waals surface area (Å²) < 4.78 is 14.6. The third-order valence-electron chi connectivity index (χ3n) is 14.9. The van der Waals surface area contributed by atoms with Crippen molar-refractivity contribution in [1.29, 1.82) is 0 Å². The smallest absolute Gasteiger partial charge is 0.162 e. The number of aromatic hydroxyl groups is 1. The molecule has 0 radical (unpaired) electrons. The summed E-state index contributed by atoms with van der Waals surface area (Å²) >= 11 is 0. The molecule has 5 nitrogen and oxygen atoms in total. The Balaban J connectivity index is 1.17. The van der Waals surface area contributed by atoms with Gasteiger partial charge >= 0.3 is 0 Å². The molecular weight excluding hydrogens is 905 g/mol. The van der Waals surface area contributed by atoms with E-state index in [1.165, 1.54) is 16.7 Å². The number of anilines is 6. The van der Waals surface area contributed by atoms with Crippen LogP contribution in [0.2, 0.25) is 0 Å². The number of fused-ring (bicyclic) bond motifs is 7. The summed E-state index contributed by atoms with van der Waals surface area (Å²) in [7, 11) is 0. The van der Waals surface area contributed by atoms with E-state index < -0.39 is 0 Å². The molecule has 360 valence electrons. The van der Waals surface area contributed by atoms with Crippen LogP contribution in [0.15, 0.2) is 233 Å². The van der Waals surface area contributed by atoms with Gasteiger partial charge in [0.1, 0.15) is 16.9 Å². The zero-order valence-electron chi connectivity index (χ0n) is 42.4. The van der Waals surface area contributed by atoms with Crippen LogP contribution in [0, 0.1) is 20.8 Å². The highest BCUT2D eigenvalue weighted by molar-refractivity contribution is 6.29. The number of phenols is 1. The number of nitrogens with zero attached hydrogens (tertiary/aromatic N) is 2.